The highest BCUT2D eigenvalue weighted by molar-refractivity contribution is 5.85. The monoisotopic (exact) mass is 379 g/mol. The Balaban J connectivity index is 0.00000196. The van der Waals surface area contributed by atoms with Crippen LogP contribution in [0, 0.1) is 17.8 Å². The van der Waals surface area contributed by atoms with E-state index in [-0.39, 0.29) is 24.4 Å². The third-order valence-corrected chi connectivity index (χ3v) is 6.41. The first-order valence-corrected chi connectivity index (χ1v) is 9.76. The summed E-state index contributed by atoms with van der Waals surface area (Å²) in [6.07, 6.45) is 8.53. The van der Waals surface area contributed by atoms with Crippen LogP contribution >= 0.6 is 12.4 Å². The summed E-state index contributed by atoms with van der Waals surface area (Å²) in [5.41, 5.74) is 7.31. The van der Waals surface area contributed by atoms with Gasteiger partial charge in [-0.3, -0.25) is 9.78 Å². The molecule has 3 unspecified atom stereocenters. The van der Waals surface area contributed by atoms with Gasteiger partial charge in [-0.2, -0.15) is 0 Å². The number of carbonyl (C=O) groups excluding carboxylic acids is 1. The van der Waals surface area contributed by atoms with Gasteiger partial charge in [-0.05, 0) is 56.1 Å². The van der Waals surface area contributed by atoms with Crippen molar-refractivity contribution in [3.8, 4) is 0 Å². The summed E-state index contributed by atoms with van der Waals surface area (Å²) in [4.78, 5) is 19.3. The predicted octanol–water partition coefficient (Wildman–Crippen LogP) is 2.77. The Kier molecular flexibility index (Phi) is 6.54. The number of rotatable bonds is 4. The molecule has 3 aliphatic rings. The second kappa shape index (κ2) is 8.68. The van der Waals surface area contributed by atoms with Gasteiger partial charge in [0.15, 0.2) is 0 Å². The van der Waals surface area contributed by atoms with Crippen LogP contribution in [0.5, 0.6) is 0 Å². The van der Waals surface area contributed by atoms with Gasteiger partial charge in [0.1, 0.15) is 0 Å². The molecule has 6 heteroatoms. The number of aromatic nitrogens is 1. The van der Waals surface area contributed by atoms with Crippen molar-refractivity contribution in [3.63, 3.8) is 0 Å². The Morgan fingerprint density at radius 3 is 2.69 bits per heavy atom. The average molecular weight is 380 g/mol. The molecule has 26 heavy (non-hydrogen) atoms. The van der Waals surface area contributed by atoms with Crippen molar-refractivity contribution in [2.75, 3.05) is 13.1 Å². The van der Waals surface area contributed by atoms with Crippen molar-refractivity contribution in [3.05, 3.63) is 30.1 Å². The lowest BCUT2D eigenvalue weighted by molar-refractivity contribution is -0.138. The Labute approximate surface area is 162 Å². The quantitative estimate of drug-likeness (QED) is 0.873. The van der Waals surface area contributed by atoms with E-state index < -0.39 is 0 Å². The maximum Gasteiger partial charge on any atom is 0.225 e. The maximum absolute atomic E-state index is 13.0. The number of hydrogen-bond donors (Lipinski definition) is 1. The summed E-state index contributed by atoms with van der Waals surface area (Å²) in [5, 5.41) is 0. The number of nitrogens with two attached hydrogens (primary N) is 1. The zero-order valence-electron chi connectivity index (χ0n) is 15.3. The highest BCUT2D eigenvalue weighted by Gasteiger charge is 2.42. The largest absolute Gasteiger partial charge is 0.370 e. The van der Waals surface area contributed by atoms with Gasteiger partial charge in [-0.25, -0.2) is 0 Å². The van der Waals surface area contributed by atoms with Gasteiger partial charge in [-0.15, -0.1) is 12.4 Å². The highest BCUT2D eigenvalue weighted by Crippen LogP contribution is 2.42. The van der Waals surface area contributed by atoms with Crippen molar-refractivity contribution in [1.82, 2.24) is 9.88 Å². The van der Waals surface area contributed by atoms with Gasteiger partial charge < -0.3 is 15.4 Å². The number of ether oxygens (including phenoxy) is 1. The van der Waals surface area contributed by atoms with Gasteiger partial charge in [0, 0.05) is 31.2 Å². The van der Waals surface area contributed by atoms with Crippen LogP contribution in [-0.4, -0.2) is 41.0 Å². The highest BCUT2D eigenvalue weighted by atomic mass is 35.5. The standard InChI is InChI=1S/C20H29N3O2.ClH/c21-19-14-4-3-5-15(19)11-16(10-14)20(24)23-9-7-18(12-23)25-13-17-6-1-2-8-22-17;/h1-2,6,8,14-16,18-19H,3-5,7,9-13,21H2;1H. The molecule has 2 bridgehead atoms. The third kappa shape index (κ3) is 4.21. The Bertz CT molecular complexity index is 586. The lowest BCUT2D eigenvalue weighted by atomic mass is 9.65. The topological polar surface area (TPSA) is 68.5 Å². The molecule has 2 N–H and O–H groups in total. The molecule has 0 spiro atoms. The predicted molar refractivity (Wildman–Crippen MR) is 103 cm³/mol. The van der Waals surface area contributed by atoms with Crippen molar-refractivity contribution in [1.29, 1.82) is 0 Å². The molecular formula is C20H30ClN3O2. The number of carbonyl (C=O) groups is 1. The molecule has 2 saturated carbocycles. The lowest BCUT2D eigenvalue weighted by Gasteiger charge is -2.44. The maximum atomic E-state index is 13.0. The second-order valence-corrected chi connectivity index (χ2v) is 8.02. The van der Waals surface area contributed by atoms with Crippen LogP contribution in [0.1, 0.15) is 44.2 Å². The van der Waals surface area contributed by atoms with Crippen LogP contribution in [0.25, 0.3) is 0 Å². The molecule has 0 radical (unpaired) electrons. The van der Waals surface area contributed by atoms with Crippen molar-refractivity contribution in [2.45, 2.75) is 57.3 Å². The van der Waals surface area contributed by atoms with Crippen molar-refractivity contribution < 1.29 is 9.53 Å². The van der Waals surface area contributed by atoms with Gasteiger partial charge in [-0.1, -0.05) is 12.5 Å². The molecule has 2 heterocycles. The van der Waals surface area contributed by atoms with Crippen LogP contribution in [0.4, 0.5) is 0 Å². The van der Waals surface area contributed by atoms with Crippen molar-refractivity contribution >= 4 is 18.3 Å². The fourth-order valence-corrected chi connectivity index (χ4v) is 5.00. The molecule has 4 rings (SSSR count). The molecule has 1 amide bonds. The number of halogens is 1. The van der Waals surface area contributed by atoms with Crippen LogP contribution < -0.4 is 5.73 Å². The molecule has 2 aliphatic carbocycles. The van der Waals surface area contributed by atoms with E-state index in [1.807, 2.05) is 23.1 Å². The number of hydrogen-bond acceptors (Lipinski definition) is 4. The first-order valence-electron chi connectivity index (χ1n) is 9.76. The Morgan fingerprint density at radius 1 is 1.23 bits per heavy atom. The Morgan fingerprint density at radius 2 is 2.00 bits per heavy atom. The second-order valence-electron chi connectivity index (χ2n) is 8.02. The van der Waals surface area contributed by atoms with Gasteiger partial charge in [0.25, 0.3) is 0 Å². The summed E-state index contributed by atoms with van der Waals surface area (Å²) in [6.45, 7) is 2.07. The van der Waals surface area contributed by atoms with Gasteiger partial charge in [0.05, 0.1) is 18.4 Å². The number of pyridine rings is 1. The molecule has 1 aromatic rings. The van der Waals surface area contributed by atoms with E-state index in [2.05, 4.69) is 4.98 Å². The minimum absolute atomic E-state index is 0. The van der Waals surface area contributed by atoms with E-state index in [0.29, 0.717) is 30.4 Å². The normalized spacial score (nSPS) is 33.6. The summed E-state index contributed by atoms with van der Waals surface area (Å²) < 4.78 is 5.97. The van der Waals surface area contributed by atoms with Gasteiger partial charge >= 0.3 is 0 Å². The number of likely N-dealkylation sites (tertiary alicyclic amines) is 1. The summed E-state index contributed by atoms with van der Waals surface area (Å²) in [6, 6.07) is 6.18. The minimum Gasteiger partial charge on any atom is -0.370 e. The summed E-state index contributed by atoms with van der Waals surface area (Å²) in [7, 11) is 0. The number of nitrogens with zero attached hydrogens (tertiary/aromatic N) is 2. The first kappa shape index (κ1) is 19.6. The SMILES string of the molecule is Cl.NC1C2CCCC1CC(C(=O)N1CCC(OCc3ccccn3)C1)C2. The molecule has 1 saturated heterocycles. The zero-order valence-corrected chi connectivity index (χ0v) is 16.1. The minimum atomic E-state index is 0. The smallest absolute Gasteiger partial charge is 0.225 e. The molecule has 1 aliphatic heterocycles. The van der Waals surface area contributed by atoms with E-state index in [4.69, 9.17) is 10.5 Å². The van der Waals surface area contributed by atoms with Gasteiger partial charge in [0.2, 0.25) is 5.91 Å². The molecular weight excluding hydrogens is 350 g/mol. The van der Waals surface area contributed by atoms with Crippen LogP contribution in [0.2, 0.25) is 0 Å². The van der Waals surface area contributed by atoms with E-state index >= 15 is 0 Å². The summed E-state index contributed by atoms with van der Waals surface area (Å²) in [5.74, 6) is 1.64. The molecule has 1 aromatic heterocycles. The molecule has 5 nitrogen and oxygen atoms in total. The zero-order chi connectivity index (χ0) is 17.2. The van der Waals surface area contributed by atoms with Crippen LogP contribution in [0.15, 0.2) is 24.4 Å². The van der Waals surface area contributed by atoms with Crippen molar-refractivity contribution in [2.24, 2.45) is 23.5 Å². The van der Waals surface area contributed by atoms with E-state index in [9.17, 15) is 4.79 Å². The van der Waals surface area contributed by atoms with E-state index in [1.165, 1.54) is 19.3 Å². The first-order chi connectivity index (χ1) is 12.2. The van der Waals surface area contributed by atoms with Crippen LogP contribution in [0.3, 0.4) is 0 Å². The average Bonchev–Trinajstić information content (AvgIpc) is 3.09. The van der Waals surface area contributed by atoms with E-state index in [1.54, 1.807) is 6.20 Å². The Hall–Kier alpha value is -1.17. The molecule has 3 atom stereocenters. The number of fused-ring (bicyclic) bond motifs is 2. The number of amides is 1. The fraction of sp³-hybridized carbons (Fsp3) is 0.700. The third-order valence-electron chi connectivity index (χ3n) is 6.41. The fourth-order valence-electron chi connectivity index (χ4n) is 5.00. The molecule has 3 fully saturated rings. The lowest BCUT2D eigenvalue weighted by Crippen LogP contribution is -2.49. The molecule has 0 aromatic carbocycles. The summed E-state index contributed by atoms with van der Waals surface area (Å²) >= 11 is 0. The van der Waals surface area contributed by atoms with E-state index in [0.717, 1.165) is 38.0 Å². The molecule has 144 valence electrons. The van der Waals surface area contributed by atoms with Crippen LogP contribution in [-0.2, 0) is 16.1 Å².